The third-order valence-corrected chi connectivity index (χ3v) is 4.59. The third kappa shape index (κ3) is 3.49. The molecule has 0 bridgehead atoms. The summed E-state index contributed by atoms with van der Waals surface area (Å²) in [5.41, 5.74) is 0.164. The third-order valence-electron chi connectivity index (χ3n) is 4.59. The molecule has 2 aromatic carbocycles. The Bertz CT molecular complexity index is 1230. The predicted octanol–water partition coefficient (Wildman–Crippen LogP) is 5.29. The van der Waals surface area contributed by atoms with E-state index in [9.17, 15) is 18.0 Å². The quantitative estimate of drug-likeness (QED) is 0.469. The molecule has 2 heterocycles. The fourth-order valence-electron chi connectivity index (χ4n) is 3.01. The number of halogens is 3. The molecule has 0 N–H and O–H groups in total. The molecule has 0 unspecified atom stereocenters. The Balaban J connectivity index is 1.70. The molecule has 0 aliphatic rings. The van der Waals surface area contributed by atoms with Crippen molar-refractivity contribution >= 4 is 33.6 Å². The van der Waals surface area contributed by atoms with Crippen LogP contribution in [-0.4, -0.2) is 25.0 Å². The highest BCUT2D eigenvalue weighted by Crippen LogP contribution is 2.32. The number of nitrogens with zero attached hydrogens (tertiary/aromatic N) is 2. The lowest BCUT2D eigenvalue weighted by Gasteiger charge is -2.17. The summed E-state index contributed by atoms with van der Waals surface area (Å²) in [4.78, 5) is 18.3. The molecule has 0 aliphatic heterocycles. The number of hydrogen-bond acceptors (Lipinski definition) is 4. The highest BCUT2D eigenvalue weighted by molar-refractivity contribution is 6.06. The molecule has 8 heteroatoms. The molecule has 2 aromatic heterocycles. The first-order valence-electron chi connectivity index (χ1n) is 8.60. The van der Waals surface area contributed by atoms with E-state index in [2.05, 4.69) is 4.98 Å². The van der Waals surface area contributed by atoms with Crippen LogP contribution in [-0.2, 0) is 6.18 Å². The van der Waals surface area contributed by atoms with Gasteiger partial charge in [-0.2, -0.15) is 13.2 Å². The van der Waals surface area contributed by atoms with E-state index >= 15 is 0 Å². The first-order valence-corrected chi connectivity index (χ1v) is 8.60. The summed E-state index contributed by atoms with van der Waals surface area (Å²) in [6, 6.07) is 13.3. The van der Waals surface area contributed by atoms with Gasteiger partial charge in [0.15, 0.2) is 5.76 Å². The average molecular weight is 400 g/mol. The van der Waals surface area contributed by atoms with Crippen molar-refractivity contribution < 1.29 is 27.1 Å². The van der Waals surface area contributed by atoms with E-state index in [-0.39, 0.29) is 17.2 Å². The van der Waals surface area contributed by atoms with Crippen LogP contribution in [0.1, 0.15) is 16.1 Å². The monoisotopic (exact) mass is 400 g/mol. The number of benzene rings is 2. The first-order chi connectivity index (χ1) is 13.8. The molecule has 29 heavy (non-hydrogen) atoms. The van der Waals surface area contributed by atoms with Crippen molar-refractivity contribution in [3.05, 3.63) is 65.9 Å². The van der Waals surface area contributed by atoms with E-state index in [0.717, 1.165) is 22.4 Å². The van der Waals surface area contributed by atoms with Gasteiger partial charge < -0.3 is 14.1 Å². The fourth-order valence-corrected chi connectivity index (χ4v) is 3.01. The molecular weight excluding hydrogens is 385 g/mol. The predicted molar refractivity (Wildman–Crippen MR) is 102 cm³/mol. The summed E-state index contributed by atoms with van der Waals surface area (Å²) in [5.74, 6) is 0.0372. The van der Waals surface area contributed by atoms with E-state index in [1.54, 1.807) is 19.2 Å². The first kappa shape index (κ1) is 18.8. The number of rotatable bonds is 3. The minimum absolute atomic E-state index is 0.0188. The molecule has 0 radical (unpaired) electrons. The van der Waals surface area contributed by atoms with Gasteiger partial charge in [0.05, 0.1) is 18.2 Å². The van der Waals surface area contributed by atoms with Crippen molar-refractivity contribution in [2.45, 2.75) is 6.18 Å². The normalized spacial score (nSPS) is 11.8. The van der Waals surface area contributed by atoms with Crippen LogP contribution in [0.5, 0.6) is 5.75 Å². The number of carbonyl (C=O) groups excluding carboxylic acids is 1. The summed E-state index contributed by atoms with van der Waals surface area (Å²) in [7, 11) is 2.94. The van der Waals surface area contributed by atoms with Crippen molar-refractivity contribution in [2.75, 3.05) is 19.1 Å². The van der Waals surface area contributed by atoms with Gasteiger partial charge in [0, 0.05) is 29.6 Å². The van der Waals surface area contributed by atoms with Gasteiger partial charge >= 0.3 is 6.18 Å². The van der Waals surface area contributed by atoms with Crippen molar-refractivity contribution in [3.8, 4) is 5.75 Å². The largest absolute Gasteiger partial charge is 0.497 e. The maximum atomic E-state index is 12.9. The zero-order chi connectivity index (χ0) is 20.8. The van der Waals surface area contributed by atoms with Crippen LogP contribution in [0.25, 0.3) is 22.0 Å². The Labute approximate surface area is 163 Å². The standard InChI is InChI=1S/C21H15F3N2O3/c1-26(15-5-3-4-14(10-15)21(22,23)24)20(27)18-9-13-8-12-6-7-16(28-2)11-17(12)25-19(13)29-18/h3-11H,1-2H3. The van der Waals surface area contributed by atoms with Crippen molar-refractivity contribution in [2.24, 2.45) is 0 Å². The van der Waals surface area contributed by atoms with Crippen LogP contribution in [0.2, 0.25) is 0 Å². The lowest BCUT2D eigenvalue weighted by Crippen LogP contribution is -2.26. The van der Waals surface area contributed by atoms with Crippen LogP contribution in [0, 0.1) is 0 Å². The van der Waals surface area contributed by atoms with Gasteiger partial charge in [-0.1, -0.05) is 6.07 Å². The van der Waals surface area contributed by atoms with Gasteiger partial charge in [-0.25, -0.2) is 4.98 Å². The maximum Gasteiger partial charge on any atom is 0.416 e. The minimum Gasteiger partial charge on any atom is -0.497 e. The Morgan fingerprint density at radius 3 is 2.59 bits per heavy atom. The van der Waals surface area contributed by atoms with Crippen LogP contribution >= 0.6 is 0 Å². The Morgan fingerprint density at radius 2 is 1.86 bits per heavy atom. The topological polar surface area (TPSA) is 55.6 Å². The van der Waals surface area contributed by atoms with Gasteiger partial charge in [0.2, 0.25) is 5.71 Å². The molecule has 0 fully saturated rings. The van der Waals surface area contributed by atoms with E-state index in [1.165, 1.54) is 25.2 Å². The highest BCUT2D eigenvalue weighted by atomic mass is 19.4. The van der Waals surface area contributed by atoms with Gasteiger partial charge in [0.1, 0.15) is 5.75 Å². The summed E-state index contributed by atoms with van der Waals surface area (Å²) >= 11 is 0. The van der Waals surface area contributed by atoms with Gasteiger partial charge in [0.25, 0.3) is 5.91 Å². The molecule has 0 aliphatic carbocycles. The Hall–Kier alpha value is -3.55. The summed E-state index contributed by atoms with van der Waals surface area (Å²) in [6.07, 6.45) is -4.50. The number of methoxy groups -OCH3 is 1. The molecule has 4 aromatic rings. The number of alkyl halides is 3. The second-order valence-corrected chi connectivity index (χ2v) is 6.46. The Morgan fingerprint density at radius 1 is 1.07 bits per heavy atom. The van der Waals surface area contributed by atoms with Crippen LogP contribution in [0.15, 0.2) is 59.0 Å². The zero-order valence-electron chi connectivity index (χ0n) is 15.4. The summed E-state index contributed by atoms with van der Waals surface area (Å²) < 4.78 is 49.6. The number of anilines is 1. The number of furan rings is 1. The number of aromatic nitrogens is 1. The fraction of sp³-hybridized carbons (Fsp3) is 0.143. The Kier molecular flexibility index (Phi) is 4.41. The minimum atomic E-state index is -4.50. The molecule has 0 saturated carbocycles. The smallest absolute Gasteiger partial charge is 0.416 e. The van der Waals surface area contributed by atoms with E-state index in [1.807, 2.05) is 12.1 Å². The number of ether oxygens (including phenoxy) is 1. The van der Waals surface area contributed by atoms with E-state index in [0.29, 0.717) is 16.7 Å². The molecule has 4 rings (SSSR count). The SMILES string of the molecule is COc1ccc2cc3cc(C(=O)N(C)c4cccc(C(F)(F)F)c4)oc3nc2c1. The molecule has 0 atom stereocenters. The molecule has 1 amide bonds. The molecule has 5 nitrogen and oxygen atoms in total. The molecular formula is C21H15F3N2O3. The summed E-state index contributed by atoms with van der Waals surface area (Å²) in [5, 5.41) is 1.45. The number of hydrogen-bond donors (Lipinski definition) is 0. The lowest BCUT2D eigenvalue weighted by atomic mass is 10.1. The second-order valence-electron chi connectivity index (χ2n) is 6.46. The number of pyridine rings is 1. The average Bonchev–Trinajstić information content (AvgIpc) is 3.12. The van der Waals surface area contributed by atoms with Crippen molar-refractivity contribution in [1.82, 2.24) is 4.98 Å². The number of fused-ring (bicyclic) bond motifs is 2. The lowest BCUT2D eigenvalue weighted by molar-refractivity contribution is -0.137. The number of amides is 1. The molecule has 148 valence electrons. The van der Waals surface area contributed by atoms with Crippen LogP contribution < -0.4 is 9.64 Å². The van der Waals surface area contributed by atoms with Gasteiger partial charge in [-0.15, -0.1) is 0 Å². The van der Waals surface area contributed by atoms with Crippen LogP contribution in [0.4, 0.5) is 18.9 Å². The highest BCUT2D eigenvalue weighted by Gasteiger charge is 2.31. The second kappa shape index (κ2) is 6.80. The maximum absolute atomic E-state index is 12.9. The van der Waals surface area contributed by atoms with E-state index < -0.39 is 17.6 Å². The van der Waals surface area contributed by atoms with Gasteiger partial charge in [-0.05, 0) is 42.5 Å². The molecule has 0 spiro atoms. The number of carbonyl (C=O) groups is 1. The van der Waals surface area contributed by atoms with Crippen molar-refractivity contribution in [1.29, 1.82) is 0 Å². The van der Waals surface area contributed by atoms with Gasteiger partial charge in [-0.3, -0.25) is 4.79 Å². The van der Waals surface area contributed by atoms with Crippen LogP contribution in [0.3, 0.4) is 0 Å². The zero-order valence-corrected chi connectivity index (χ0v) is 15.4. The molecule has 0 saturated heterocycles. The summed E-state index contributed by atoms with van der Waals surface area (Å²) in [6.45, 7) is 0. The van der Waals surface area contributed by atoms with Crippen molar-refractivity contribution in [3.63, 3.8) is 0 Å². The van der Waals surface area contributed by atoms with E-state index in [4.69, 9.17) is 9.15 Å².